The van der Waals surface area contributed by atoms with Crippen molar-refractivity contribution in [3.05, 3.63) is 85.9 Å². The van der Waals surface area contributed by atoms with Gasteiger partial charge >= 0.3 is 0 Å². The van der Waals surface area contributed by atoms with Crippen LogP contribution < -0.4 is 15.6 Å². The van der Waals surface area contributed by atoms with Crippen LogP contribution in [0.4, 0.5) is 5.82 Å². The van der Waals surface area contributed by atoms with Gasteiger partial charge in [0, 0.05) is 35.8 Å². The Labute approximate surface area is 230 Å². The minimum absolute atomic E-state index is 0.170. The number of ether oxygens (including phenoxy) is 1. The number of carbonyl (C=O) groups excluding carboxylic acids is 1. The summed E-state index contributed by atoms with van der Waals surface area (Å²) in [4.78, 5) is 30.4. The lowest BCUT2D eigenvalue weighted by Crippen LogP contribution is -2.34. The molecule has 3 aromatic heterocycles. The maximum absolute atomic E-state index is 13.6. The van der Waals surface area contributed by atoms with E-state index >= 15 is 0 Å². The fourth-order valence-electron chi connectivity index (χ4n) is 4.62. The Balaban J connectivity index is 1.49. The number of hydrogen-bond donors (Lipinski definition) is 1. The molecule has 198 valence electrons. The van der Waals surface area contributed by atoms with Gasteiger partial charge in [0.05, 0.1) is 23.6 Å². The average molecular weight is 552 g/mol. The van der Waals surface area contributed by atoms with Gasteiger partial charge in [0.2, 0.25) is 0 Å². The molecular weight excluding hydrogens is 522 g/mol. The monoisotopic (exact) mass is 551 g/mol. The summed E-state index contributed by atoms with van der Waals surface area (Å²) in [6, 6.07) is 16.1. The second-order valence-corrected chi connectivity index (χ2v) is 11.1. The molecule has 1 aliphatic rings. The number of thiophene rings is 1. The number of aromatic nitrogens is 3. The maximum atomic E-state index is 13.6. The Morgan fingerprint density at radius 2 is 1.87 bits per heavy atom. The second kappa shape index (κ2) is 12.0. The van der Waals surface area contributed by atoms with Crippen molar-refractivity contribution in [2.45, 2.75) is 32.4 Å². The summed E-state index contributed by atoms with van der Waals surface area (Å²) in [7, 11) is 1.58. The fraction of sp³-hybridized carbons (Fsp3) is 0.321. The lowest BCUT2D eigenvalue weighted by Gasteiger charge is -2.26. The van der Waals surface area contributed by atoms with Gasteiger partial charge < -0.3 is 19.5 Å². The van der Waals surface area contributed by atoms with Gasteiger partial charge in [-0.15, -0.1) is 11.3 Å². The van der Waals surface area contributed by atoms with Crippen molar-refractivity contribution in [2.24, 2.45) is 0 Å². The normalized spacial score (nSPS) is 13.9. The Hall–Kier alpha value is -3.40. The standard InChI is InChI=1S/C28H30ClN5O3S/c1-37-21-16-23(28(36)33(19-21)15-14-32-12-6-3-7-13-32)24-17-26(30-18-22-10-11-25(29)38-22)34(31-24)27(35)20-8-4-2-5-9-20/h2,4-5,8-11,16-17,19,30H,3,6-7,12-15,18H2,1H3. The number of benzene rings is 1. The van der Waals surface area contributed by atoms with Crippen LogP contribution in [0.15, 0.2) is 65.6 Å². The van der Waals surface area contributed by atoms with E-state index in [1.165, 1.54) is 35.3 Å². The van der Waals surface area contributed by atoms with Crippen LogP contribution in [-0.2, 0) is 13.1 Å². The molecule has 0 aliphatic carbocycles. The van der Waals surface area contributed by atoms with Gasteiger partial charge in [0.1, 0.15) is 17.3 Å². The number of anilines is 1. The van der Waals surface area contributed by atoms with Crippen molar-refractivity contribution < 1.29 is 9.53 Å². The molecule has 0 amide bonds. The molecule has 38 heavy (non-hydrogen) atoms. The molecule has 1 N–H and O–H groups in total. The molecule has 0 atom stereocenters. The van der Waals surface area contributed by atoms with Crippen LogP contribution in [0.1, 0.15) is 34.5 Å². The zero-order chi connectivity index (χ0) is 26.5. The van der Waals surface area contributed by atoms with Crippen molar-refractivity contribution in [3.8, 4) is 17.0 Å². The summed E-state index contributed by atoms with van der Waals surface area (Å²) in [5.41, 5.74) is 1.10. The van der Waals surface area contributed by atoms with Crippen LogP contribution in [0.3, 0.4) is 0 Å². The van der Waals surface area contributed by atoms with Crippen LogP contribution in [0.2, 0.25) is 4.34 Å². The number of nitrogens with one attached hydrogen (secondary N) is 1. The molecule has 0 spiro atoms. The van der Waals surface area contributed by atoms with E-state index in [4.69, 9.17) is 16.3 Å². The summed E-state index contributed by atoms with van der Waals surface area (Å²) in [5, 5.41) is 7.90. The number of carbonyl (C=O) groups is 1. The van der Waals surface area contributed by atoms with Gasteiger partial charge in [-0.25, -0.2) is 0 Å². The first-order chi connectivity index (χ1) is 18.5. The number of pyridine rings is 1. The van der Waals surface area contributed by atoms with Crippen molar-refractivity contribution in [3.63, 3.8) is 0 Å². The lowest BCUT2D eigenvalue weighted by atomic mass is 10.1. The molecule has 0 saturated carbocycles. The Morgan fingerprint density at radius 1 is 1.08 bits per heavy atom. The molecule has 1 fully saturated rings. The minimum Gasteiger partial charge on any atom is -0.495 e. The second-order valence-electron chi connectivity index (χ2n) is 9.25. The van der Waals surface area contributed by atoms with Crippen LogP contribution in [0, 0.1) is 0 Å². The molecule has 10 heteroatoms. The van der Waals surface area contributed by atoms with Gasteiger partial charge in [0.25, 0.3) is 11.5 Å². The first kappa shape index (κ1) is 26.2. The number of halogens is 1. The molecule has 0 radical (unpaired) electrons. The highest BCUT2D eigenvalue weighted by Crippen LogP contribution is 2.26. The Bertz CT molecular complexity index is 1460. The van der Waals surface area contributed by atoms with Crippen molar-refractivity contribution >= 4 is 34.7 Å². The number of rotatable bonds is 9. The van der Waals surface area contributed by atoms with Crippen molar-refractivity contribution in [1.82, 2.24) is 19.2 Å². The van der Waals surface area contributed by atoms with E-state index < -0.39 is 0 Å². The van der Waals surface area contributed by atoms with E-state index in [0.717, 1.165) is 24.5 Å². The van der Waals surface area contributed by atoms with E-state index in [-0.39, 0.29) is 11.5 Å². The first-order valence-corrected chi connectivity index (χ1v) is 13.9. The smallest absolute Gasteiger partial charge is 0.280 e. The number of likely N-dealkylation sites (tertiary alicyclic amines) is 1. The zero-order valence-electron chi connectivity index (χ0n) is 21.2. The quantitative estimate of drug-likeness (QED) is 0.307. The van der Waals surface area contributed by atoms with Crippen molar-refractivity contribution in [1.29, 1.82) is 0 Å². The lowest BCUT2D eigenvalue weighted by molar-refractivity contribution is 0.0948. The third-order valence-electron chi connectivity index (χ3n) is 6.67. The summed E-state index contributed by atoms with van der Waals surface area (Å²) >= 11 is 7.55. The van der Waals surface area contributed by atoms with Gasteiger partial charge in [-0.3, -0.25) is 9.59 Å². The van der Waals surface area contributed by atoms with Crippen LogP contribution in [-0.4, -0.2) is 51.9 Å². The SMILES string of the molecule is COc1cc(-c2cc(NCc3ccc(Cl)s3)n(C(=O)c3ccccc3)n2)c(=O)n(CCN2CCCCC2)c1. The number of piperidine rings is 1. The molecule has 0 bridgehead atoms. The summed E-state index contributed by atoms with van der Waals surface area (Å²) in [6.45, 7) is 3.92. The predicted octanol–water partition coefficient (Wildman–Crippen LogP) is 5.22. The van der Waals surface area contributed by atoms with Gasteiger partial charge in [-0.05, 0) is 56.3 Å². The predicted molar refractivity (Wildman–Crippen MR) is 152 cm³/mol. The third kappa shape index (κ3) is 6.01. The van der Waals surface area contributed by atoms with Gasteiger partial charge in [-0.2, -0.15) is 9.78 Å². The molecule has 1 aliphatic heterocycles. The number of hydrogen-bond acceptors (Lipinski definition) is 7. The molecule has 0 unspecified atom stereocenters. The maximum Gasteiger partial charge on any atom is 0.280 e. The molecule has 4 aromatic rings. The van der Waals surface area contributed by atoms with Crippen LogP contribution in [0.25, 0.3) is 11.3 Å². The molecular formula is C28H30ClN5O3S. The van der Waals surface area contributed by atoms with E-state index in [9.17, 15) is 9.59 Å². The van der Waals surface area contributed by atoms with E-state index in [0.29, 0.717) is 45.8 Å². The number of methoxy groups -OCH3 is 1. The summed E-state index contributed by atoms with van der Waals surface area (Å²) in [6.07, 6.45) is 5.39. The summed E-state index contributed by atoms with van der Waals surface area (Å²) in [5.74, 6) is 0.752. The highest BCUT2D eigenvalue weighted by atomic mass is 35.5. The van der Waals surface area contributed by atoms with E-state index in [2.05, 4.69) is 15.3 Å². The highest BCUT2D eigenvalue weighted by molar-refractivity contribution is 7.16. The zero-order valence-corrected chi connectivity index (χ0v) is 22.8. The average Bonchev–Trinajstić information content (AvgIpc) is 3.58. The number of nitrogens with zero attached hydrogens (tertiary/aromatic N) is 4. The van der Waals surface area contributed by atoms with Crippen molar-refractivity contribution in [2.75, 3.05) is 32.1 Å². The molecule has 4 heterocycles. The van der Waals surface area contributed by atoms with Crippen LogP contribution >= 0.6 is 22.9 Å². The minimum atomic E-state index is -0.295. The topological polar surface area (TPSA) is 81.4 Å². The molecule has 1 saturated heterocycles. The largest absolute Gasteiger partial charge is 0.495 e. The van der Waals surface area contributed by atoms with Gasteiger partial charge in [0.15, 0.2) is 0 Å². The molecule has 5 rings (SSSR count). The first-order valence-electron chi connectivity index (χ1n) is 12.7. The molecule has 1 aromatic carbocycles. The van der Waals surface area contributed by atoms with E-state index in [1.807, 2.05) is 30.3 Å². The third-order valence-corrected chi connectivity index (χ3v) is 7.90. The Kier molecular flexibility index (Phi) is 8.26. The molecule has 8 nitrogen and oxygen atoms in total. The summed E-state index contributed by atoms with van der Waals surface area (Å²) < 4.78 is 9.21. The van der Waals surface area contributed by atoms with Gasteiger partial charge in [-0.1, -0.05) is 36.2 Å². The Morgan fingerprint density at radius 3 is 2.58 bits per heavy atom. The van der Waals surface area contributed by atoms with Crippen LogP contribution in [0.5, 0.6) is 5.75 Å². The van der Waals surface area contributed by atoms with E-state index in [1.54, 1.807) is 42.1 Å². The fourth-order valence-corrected chi connectivity index (χ4v) is 5.65. The highest BCUT2D eigenvalue weighted by Gasteiger charge is 2.20.